The van der Waals surface area contributed by atoms with Crippen molar-refractivity contribution in [2.75, 3.05) is 26.4 Å². The first-order valence-electron chi connectivity index (χ1n) is 38.9. The van der Waals surface area contributed by atoms with Gasteiger partial charge in [0.25, 0.3) is 0 Å². The van der Waals surface area contributed by atoms with E-state index in [2.05, 4.69) is 208 Å². The van der Waals surface area contributed by atoms with Crippen molar-refractivity contribution in [2.24, 2.45) is 58.2 Å². The van der Waals surface area contributed by atoms with Crippen molar-refractivity contribution in [1.29, 1.82) is 0 Å². The van der Waals surface area contributed by atoms with Crippen LogP contribution in [-0.4, -0.2) is 127 Å². The Bertz CT molecular complexity index is 2840. The van der Waals surface area contributed by atoms with E-state index >= 15 is 0 Å². The number of aliphatic hydroxyl groups excluding tert-OH is 3. The van der Waals surface area contributed by atoms with Gasteiger partial charge in [-0.15, -0.1) is 18.9 Å². The second-order valence-corrected chi connectivity index (χ2v) is 50.3. The standard InChI is InChI=1S/C32H48O6.C29H60O4Si3.C21H31BrO2.C2H6.FH/c1-6-24-21(4)31(36)38-28(24)17-19(2)25-12-13-26-22(9-7-14-32(25,26)5)10-11-23-18-27(34)30(29(35)20(23)3)37-16-8-15-33;1-18-21-25(33-36(16,17)29(9,10)11)26(24(19-2)32-35(14,15)28(6,7)8)30-22-20-23-31-34(12,13)27(3,4)5;1-5-16-14(3)20(23)24-19(16)11-13(2)17-8-9-18-15(12-22)7-6-10-21(17,18)4;1-2;/h10-11,19,24-30,33-35H,3-4,6-9,12-18H2,1-2,5H3;1,19,24-26H,2,20-23H2,3-17H3;12-13,16-19H,3,5-11H2,1-2,4H3;1-2H3;1H/b22-10+,23-11-;;15-12+;;/t19-,24-,25-,26+,27-,28-,29-,30+,32-;24-,25-,26-;13-,16-,17-,18+,19-,21-;;/m111../s1. The molecule has 2 saturated heterocycles. The van der Waals surface area contributed by atoms with Gasteiger partial charge in [-0.2, -0.15) is 0 Å². The summed E-state index contributed by atoms with van der Waals surface area (Å²) in [5, 5.41) is 30.7. The van der Waals surface area contributed by atoms with Crippen LogP contribution in [0.4, 0.5) is 4.70 Å². The van der Waals surface area contributed by atoms with Crippen molar-refractivity contribution in [1.82, 2.24) is 0 Å². The molecule has 7 rings (SSSR count). The lowest BCUT2D eigenvalue weighted by Crippen LogP contribution is -2.53. The van der Waals surface area contributed by atoms with Crippen LogP contribution in [-0.2, 0) is 41.8 Å². The fraction of sp³-hybridized carbons (Fsp3) is 0.786. The topological polar surface area (TPSA) is 159 Å². The van der Waals surface area contributed by atoms with Gasteiger partial charge in [-0.1, -0.05) is 183 Å². The molecule has 0 aromatic carbocycles. The zero-order chi connectivity index (χ0) is 75.9. The average Bonchev–Trinajstić information content (AvgIpc) is 1.62. The number of hydrogen-bond donors (Lipinski definition) is 3. The van der Waals surface area contributed by atoms with E-state index in [-0.39, 0.29) is 86.1 Å². The Morgan fingerprint density at radius 2 is 1.16 bits per heavy atom. The lowest BCUT2D eigenvalue weighted by molar-refractivity contribution is -0.141. The molecule has 17 heteroatoms. The number of carbonyl (C=O) groups excluding carboxylic acids is 2. The number of fused-ring (bicyclic) bond motifs is 2. The smallest absolute Gasteiger partial charge is 0.334 e. The Labute approximate surface area is 627 Å². The van der Waals surface area contributed by atoms with Crippen molar-refractivity contribution in [3.05, 3.63) is 83.0 Å². The van der Waals surface area contributed by atoms with Crippen LogP contribution in [0.3, 0.4) is 0 Å². The molecule has 0 bridgehead atoms. The van der Waals surface area contributed by atoms with Gasteiger partial charge in [0.15, 0.2) is 25.0 Å². The highest BCUT2D eigenvalue weighted by atomic mass is 79.9. The molecular weight excluding hydrogens is 1380 g/mol. The number of cyclic esters (lactones) is 2. The molecule has 7 fully saturated rings. The second-order valence-electron chi connectivity index (χ2n) is 35.6. The SMILES string of the molecule is C#CC[C@@H](O[Si](C)(C)C(C)(C)C)[C@H](OCCCO[Si](C)(C)C(C)(C)C)[C@@H](C=C)O[Si](C)(C)C(C)(C)C.C=C1/C(=C\C=C2/CCC[C@]3(C)[C@@H]([C@H](C)C[C@H]4OC(=O)C(=C)[C@H]4CC)CC[C@@H]23)C[C@@H](O)[C@H](OCCCO)[C@@H]1O.C=C1C(=O)O[C@H](C[C@@H](C)[C@H]2CC[C@H]3/C(=C/Br)CCC[C@]23C)[C@@H]1CC.CC.F. The fourth-order valence-corrected chi connectivity index (χ4v) is 21.3. The molecule has 5 saturated carbocycles. The number of aliphatic hydroxyl groups is 3. The first-order valence-corrected chi connectivity index (χ1v) is 48.5. The number of allylic oxidation sites excluding steroid dienone is 4. The van der Waals surface area contributed by atoms with Crippen LogP contribution in [0, 0.1) is 70.5 Å². The molecule has 0 aromatic rings. The molecule has 0 spiro atoms. The zero-order valence-electron chi connectivity index (χ0n) is 67.8. The number of esters is 2. The monoisotopic (exact) mass is 1530 g/mol. The first-order chi connectivity index (χ1) is 46.5. The van der Waals surface area contributed by atoms with Gasteiger partial charge < -0.3 is 47.5 Å². The summed E-state index contributed by atoms with van der Waals surface area (Å²) in [5.74, 6) is 6.44. The largest absolute Gasteiger partial charge is 0.458 e. The third-order valence-corrected chi connectivity index (χ3v) is 40.2. The maximum Gasteiger partial charge on any atom is 0.334 e. The van der Waals surface area contributed by atoms with Gasteiger partial charge in [-0.05, 0) is 220 Å². The minimum atomic E-state index is -2.10. The maximum atomic E-state index is 12.1. The number of ether oxygens (including phenoxy) is 4. The Morgan fingerprint density at radius 1 is 0.693 bits per heavy atom. The van der Waals surface area contributed by atoms with E-state index in [9.17, 15) is 19.8 Å². The van der Waals surface area contributed by atoms with E-state index in [1.165, 1.54) is 56.9 Å². The fourth-order valence-electron chi connectivity index (χ4n) is 17.0. The van der Waals surface area contributed by atoms with Crippen LogP contribution in [0.2, 0.25) is 54.4 Å². The zero-order valence-corrected chi connectivity index (χ0v) is 72.4. The van der Waals surface area contributed by atoms with Crippen molar-refractivity contribution < 1.29 is 61.8 Å². The highest BCUT2D eigenvalue weighted by molar-refractivity contribution is 9.11. The lowest BCUT2D eigenvalue weighted by Gasteiger charge is -2.45. The molecule has 2 heterocycles. The Hall–Kier alpha value is -2.58. The van der Waals surface area contributed by atoms with Gasteiger partial charge in [0, 0.05) is 62.3 Å². The van der Waals surface area contributed by atoms with Crippen LogP contribution in [0.25, 0.3) is 0 Å². The van der Waals surface area contributed by atoms with Gasteiger partial charge in [-0.3, -0.25) is 4.70 Å². The van der Waals surface area contributed by atoms with Crippen molar-refractivity contribution in [2.45, 2.75) is 337 Å². The Morgan fingerprint density at radius 3 is 1.59 bits per heavy atom. The summed E-state index contributed by atoms with van der Waals surface area (Å²) in [4.78, 5) is 26.2. The summed E-state index contributed by atoms with van der Waals surface area (Å²) in [7, 11) is -5.97. The van der Waals surface area contributed by atoms with E-state index in [0.717, 1.165) is 62.4 Å². The summed E-state index contributed by atoms with van der Waals surface area (Å²) in [6.07, 6.45) is 26.9. The van der Waals surface area contributed by atoms with Crippen molar-refractivity contribution >= 4 is 52.8 Å². The van der Waals surface area contributed by atoms with E-state index in [0.29, 0.717) is 84.9 Å². The van der Waals surface area contributed by atoms with Gasteiger partial charge in [0.1, 0.15) is 30.5 Å². The van der Waals surface area contributed by atoms with Gasteiger partial charge in [-0.25, -0.2) is 9.59 Å². The molecular formula is C84H146BrFO12Si3. The van der Waals surface area contributed by atoms with E-state index in [1.54, 1.807) is 5.57 Å². The molecule has 2 aliphatic heterocycles. The predicted molar refractivity (Wildman–Crippen MR) is 429 cm³/mol. The average molecular weight is 1530 g/mol. The molecule has 5 aliphatic carbocycles. The molecule has 580 valence electrons. The number of halogens is 2. The van der Waals surface area contributed by atoms with Crippen molar-refractivity contribution in [3.8, 4) is 12.3 Å². The quantitative estimate of drug-likeness (QED) is 0.0179. The highest BCUT2D eigenvalue weighted by Crippen LogP contribution is 2.62. The van der Waals surface area contributed by atoms with Crippen LogP contribution in [0.5, 0.6) is 0 Å². The summed E-state index contributed by atoms with van der Waals surface area (Å²) in [6.45, 7) is 69.6. The first kappa shape index (κ1) is 92.6. The molecule has 0 unspecified atom stereocenters. The summed E-state index contributed by atoms with van der Waals surface area (Å²) >= 11 is 3.60. The van der Waals surface area contributed by atoms with Gasteiger partial charge >= 0.3 is 11.9 Å². The lowest BCUT2D eigenvalue weighted by atomic mass is 9.60. The number of hydrogen-bond acceptors (Lipinski definition) is 12. The van der Waals surface area contributed by atoms with Gasteiger partial charge in [0.2, 0.25) is 0 Å². The molecule has 7 aliphatic rings. The summed E-state index contributed by atoms with van der Waals surface area (Å²) in [5.41, 5.74) is 6.53. The molecule has 12 nitrogen and oxygen atoms in total. The number of rotatable bonds is 27. The molecule has 0 aromatic heterocycles. The molecule has 0 radical (unpaired) electrons. The summed E-state index contributed by atoms with van der Waals surface area (Å²) < 4.78 is 43.7. The Balaban J connectivity index is 0.000000396. The molecule has 101 heavy (non-hydrogen) atoms. The summed E-state index contributed by atoms with van der Waals surface area (Å²) in [6, 6.07) is 0. The third kappa shape index (κ3) is 23.0. The normalized spacial score (nSPS) is 31.4. The predicted octanol–water partition coefficient (Wildman–Crippen LogP) is 21.0. The van der Waals surface area contributed by atoms with Crippen LogP contribution >= 0.6 is 15.9 Å². The number of carbonyl (C=O) groups is 2. The molecule has 0 amide bonds. The van der Waals surface area contributed by atoms with E-state index < -0.39 is 43.3 Å². The second kappa shape index (κ2) is 39.5. The van der Waals surface area contributed by atoms with E-state index in [1.807, 2.05) is 19.9 Å². The van der Waals surface area contributed by atoms with Crippen LogP contribution in [0.1, 0.15) is 233 Å². The maximum absolute atomic E-state index is 12.1. The van der Waals surface area contributed by atoms with Crippen LogP contribution in [0.15, 0.2) is 83.0 Å². The highest BCUT2D eigenvalue weighted by Gasteiger charge is 2.54. The van der Waals surface area contributed by atoms with E-state index in [4.69, 9.17) is 43.8 Å². The minimum absolute atomic E-state index is 0. The number of terminal acetylenes is 1. The third-order valence-electron chi connectivity index (χ3n) is 26.1. The van der Waals surface area contributed by atoms with Crippen molar-refractivity contribution in [3.63, 3.8) is 0 Å². The minimum Gasteiger partial charge on any atom is -0.458 e. The van der Waals surface area contributed by atoms with Gasteiger partial charge in [0.05, 0.1) is 18.3 Å². The Kier molecular flexibility index (Phi) is 36.2. The molecule has 3 N–H and O–H groups in total. The molecule has 18 atom stereocenters. The van der Waals surface area contributed by atoms with Crippen LogP contribution < -0.4 is 0 Å².